The summed E-state index contributed by atoms with van der Waals surface area (Å²) >= 11 is 13.2. The summed E-state index contributed by atoms with van der Waals surface area (Å²) in [6.45, 7) is 4.29. The lowest BCUT2D eigenvalue weighted by molar-refractivity contribution is -0.113. The van der Waals surface area contributed by atoms with Crippen LogP contribution in [0.25, 0.3) is 0 Å². The number of anilines is 1. The van der Waals surface area contributed by atoms with Gasteiger partial charge in [0.15, 0.2) is 11.0 Å². The number of benzene rings is 2. The van der Waals surface area contributed by atoms with Crippen molar-refractivity contribution in [2.75, 3.05) is 18.2 Å². The number of hydrogen-bond donors (Lipinski definition) is 2. The second kappa shape index (κ2) is 11.7. The highest BCUT2D eigenvalue weighted by atomic mass is 35.5. The number of allylic oxidation sites excluding steroid dienone is 1. The van der Waals surface area contributed by atoms with E-state index in [1.807, 2.05) is 0 Å². The van der Waals surface area contributed by atoms with Crippen LogP contribution in [0, 0.1) is 0 Å². The Morgan fingerprint density at radius 1 is 1.18 bits per heavy atom. The van der Waals surface area contributed by atoms with E-state index in [4.69, 9.17) is 27.9 Å². The maximum absolute atomic E-state index is 12.5. The predicted octanol–water partition coefficient (Wildman–Crippen LogP) is 4.44. The molecule has 0 bridgehead atoms. The molecule has 0 atom stereocenters. The molecule has 0 saturated carbocycles. The van der Waals surface area contributed by atoms with Crippen LogP contribution in [-0.4, -0.2) is 39.4 Å². The number of nitrogens with zero attached hydrogens (tertiary/aromatic N) is 3. The van der Waals surface area contributed by atoms with E-state index in [1.54, 1.807) is 54.2 Å². The van der Waals surface area contributed by atoms with Gasteiger partial charge in [-0.3, -0.25) is 9.59 Å². The fourth-order valence-corrected chi connectivity index (χ4v) is 4.06. The zero-order valence-corrected chi connectivity index (χ0v) is 20.0. The SMILES string of the molecule is C=CCn1c(CNC(=O)c2ccc(Cl)cc2Cl)nnc1SCC(=O)Nc1ccc(OC)cc1. The van der Waals surface area contributed by atoms with Crippen molar-refractivity contribution in [1.29, 1.82) is 0 Å². The summed E-state index contributed by atoms with van der Waals surface area (Å²) in [5.74, 6) is 0.807. The van der Waals surface area contributed by atoms with Crippen molar-refractivity contribution >= 4 is 52.5 Å². The summed E-state index contributed by atoms with van der Waals surface area (Å²) in [6, 6.07) is 11.7. The lowest BCUT2D eigenvalue weighted by Crippen LogP contribution is -2.25. The molecule has 33 heavy (non-hydrogen) atoms. The quantitative estimate of drug-likeness (QED) is 0.312. The van der Waals surface area contributed by atoms with Crippen LogP contribution in [0.1, 0.15) is 16.2 Å². The summed E-state index contributed by atoms with van der Waals surface area (Å²) in [5, 5.41) is 15.1. The number of carbonyl (C=O) groups excluding carboxylic acids is 2. The number of nitrogens with one attached hydrogen (secondary N) is 2. The van der Waals surface area contributed by atoms with Crippen molar-refractivity contribution < 1.29 is 14.3 Å². The van der Waals surface area contributed by atoms with Crippen molar-refractivity contribution in [3.63, 3.8) is 0 Å². The first-order valence-electron chi connectivity index (χ1n) is 9.74. The Bertz CT molecular complexity index is 1150. The van der Waals surface area contributed by atoms with Crippen molar-refractivity contribution in [2.24, 2.45) is 0 Å². The van der Waals surface area contributed by atoms with E-state index in [1.165, 1.54) is 17.8 Å². The highest BCUT2D eigenvalue weighted by molar-refractivity contribution is 7.99. The summed E-state index contributed by atoms with van der Waals surface area (Å²) in [7, 11) is 1.58. The van der Waals surface area contributed by atoms with Gasteiger partial charge in [-0.05, 0) is 42.5 Å². The zero-order valence-electron chi connectivity index (χ0n) is 17.7. The monoisotopic (exact) mass is 505 g/mol. The minimum absolute atomic E-state index is 0.122. The third kappa shape index (κ3) is 6.74. The number of aromatic nitrogens is 3. The zero-order chi connectivity index (χ0) is 23.8. The molecule has 8 nitrogen and oxygen atoms in total. The minimum atomic E-state index is -0.363. The Balaban J connectivity index is 1.60. The van der Waals surface area contributed by atoms with Crippen LogP contribution in [0.2, 0.25) is 10.0 Å². The van der Waals surface area contributed by atoms with Gasteiger partial charge >= 0.3 is 0 Å². The van der Waals surface area contributed by atoms with Gasteiger partial charge in [-0.15, -0.1) is 16.8 Å². The predicted molar refractivity (Wildman–Crippen MR) is 130 cm³/mol. The molecule has 1 heterocycles. The maximum atomic E-state index is 12.5. The lowest BCUT2D eigenvalue weighted by atomic mass is 10.2. The molecule has 1 aromatic heterocycles. The molecule has 0 aliphatic carbocycles. The number of rotatable bonds is 10. The van der Waals surface area contributed by atoms with Gasteiger partial charge in [0, 0.05) is 17.3 Å². The lowest BCUT2D eigenvalue weighted by Gasteiger charge is -2.10. The Hall–Kier alpha value is -3.01. The molecule has 3 rings (SSSR count). The molecule has 0 aliphatic rings. The van der Waals surface area contributed by atoms with E-state index in [0.717, 1.165) is 0 Å². The molecule has 2 aromatic carbocycles. The Labute approximate surface area is 205 Å². The van der Waals surface area contributed by atoms with Crippen LogP contribution in [-0.2, 0) is 17.9 Å². The van der Waals surface area contributed by atoms with E-state index < -0.39 is 0 Å². The molecule has 0 saturated heterocycles. The normalized spacial score (nSPS) is 10.5. The van der Waals surface area contributed by atoms with Gasteiger partial charge < -0.3 is 19.9 Å². The molecule has 2 N–H and O–H groups in total. The molecule has 0 radical (unpaired) electrons. The number of hydrogen-bond acceptors (Lipinski definition) is 6. The van der Waals surface area contributed by atoms with Crippen molar-refractivity contribution in [2.45, 2.75) is 18.2 Å². The van der Waals surface area contributed by atoms with Crippen LogP contribution in [0.15, 0.2) is 60.3 Å². The van der Waals surface area contributed by atoms with Crippen LogP contribution >= 0.6 is 35.0 Å². The summed E-state index contributed by atoms with van der Waals surface area (Å²) in [4.78, 5) is 24.8. The van der Waals surface area contributed by atoms with Gasteiger partial charge in [0.2, 0.25) is 5.91 Å². The molecule has 11 heteroatoms. The third-order valence-corrected chi connectivity index (χ3v) is 5.91. The number of methoxy groups -OCH3 is 1. The number of thioether (sulfide) groups is 1. The standard InChI is InChI=1S/C22H21Cl2N5O3S/c1-3-10-29-19(12-25-21(31)17-9-4-14(23)11-18(17)24)27-28-22(29)33-13-20(30)26-15-5-7-16(32-2)8-6-15/h3-9,11H,1,10,12-13H2,2H3,(H,25,31)(H,26,30). The molecule has 0 unspecified atom stereocenters. The van der Waals surface area contributed by atoms with E-state index >= 15 is 0 Å². The molecule has 2 amide bonds. The Morgan fingerprint density at radius 2 is 1.94 bits per heavy atom. The van der Waals surface area contributed by atoms with Crippen LogP contribution < -0.4 is 15.4 Å². The van der Waals surface area contributed by atoms with E-state index in [2.05, 4.69) is 27.4 Å². The summed E-state index contributed by atoms with van der Waals surface area (Å²) in [5.41, 5.74) is 0.971. The number of carbonyl (C=O) groups is 2. The number of halogens is 2. The Kier molecular flexibility index (Phi) is 8.76. The molecule has 3 aromatic rings. The topological polar surface area (TPSA) is 98.1 Å². The molecule has 0 fully saturated rings. The molecule has 172 valence electrons. The van der Waals surface area contributed by atoms with E-state index in [-0.39, 0.29) is 29.1 Å². The van der Waals surface area contributed by atoms with Gasteiger partial charge in [0.1, 0.15) is 5.75 Å². The first-order valence-corrected chi connectivity index (χ1v) is 11.5. The van der Waals surface area contributed by atoms with Gasteiger partial charge in [0.25, 0.3) is 5.91 Å². The van der Waals surface area contributed by atoms with Crippen LogP contribution in [0.4, 0.5) is 5.69 Å². The van der Waals surface area contributed by atoms with E-state index in [0.29, 0.717) is 39.5 Å². The summed E-state index contributed by atoms with van der Waals surface area (Å²) < 4.78 is 6.89. The van der Waals surface area contributed by atoms with Crippen LogP contribution in [0.5, 0.6) is 5.75 Å². The smallest absolute Gasteiger partial charge is 0.253 e. The maximum Gasteiger partial charge on any atom is 0.253 e. The second-order valence-corrected chi connectivity index (χ2v) is 8.46. The van der Waals surface area contributed by atoms with Crippen molar-refractivity contribution in [3.8, 4) is 5.75 Å². The molecular weight excluding hydrogens is 485 g/mol. The van der Waals surface area contributed by atoms with Crippen molar-refractivity contribution in [3.05, 3.63) is 76.6 Å². The second-order valence-electron chi connectivity index (χ2n) is 6.67. The third-order valence-electron chi connectivity index (χ3n) is 4.39. The van der Waals surface area contributed by atoms with Gasteiger partial charge in [-0.2, -0.15) is 0 Å². The molecule has 0 aliphatic heterocycles. The molecule has 0 spiro atoms. The molecular formula is C22H21Cl2N5O3S. The number of amides is 2. The average Bonchev–Trinajstić information content (AvgIpc) is 3.18. The summed E-state index contributed by atoms with van der Waals surface area (Å²) in [6.07, 6.45) is 1.69. The largest absolute Gasteiger partial charge is 0.497 e. The highest BCUT2D eigenvalue weighted by Gasteiger charge is 2.16. The average molecular weight is 506 g/mol. The fraction of sp³-hybridized carbons (Fsp3) is 0.182. The Morgan fingerprint density at radius 3 is 2.61 bits per heavy atom. The fourth-order valence-electron chi connectivity index (χ4n) is 2.80. The van der Waals surface area contributed by atoms with Gasteiger partial charge in [-0.1, -0.05) is 41.0 Å². The first kappa shape index (κ1) is 24.6. The van der Waals surface area contributed by atoms with Crippen molar-refractivity contribution in [1.82, 2.24) is 20.1 Å². The minimum Gasteiger partial charge on any atom is -0.497 e. The van der Waals surface area contributed by atoms with Gasteiger partial charge in [0.05, 0.1) is 30.0 Å². The first-order chi connectivity index (χ1) is 15.9. The highest BCUT2D eigenvalue weighted by Crippen LogP contribution is 2.22. The van der Waals surface area contributed by atoms with Gasteiger partial charge in [-0.25, -0.2) is 0 Å². The number of ether oxygens (including phenoxy) is 1. The van der Waals surface area contributed by atoms with Crippen LogP contribution in [0.3, 0.4) is 0 Å². The van der Waals surface area contributed by atoms with E-state index in [9.17, 15) is 9.59 Å².